The molecule has 0 aliphatic heterocycles. The first-order chi connectivity index (χ1) is 7.06. The number of aryl methyl sites for hydroxylation is 2. The summed E-state index contributed by atoms with van der Waals surface area (Å²) in [4.78, 5) is 13.0. The van der Waals surface area contributed by atoms with E-state index in [2.05, 4.69) is 0 Å². The van der Waals surface area contributed by atoms with Crippen LogP contribution >= 0.6 is 0 Å². The number of carbonyl (C=O) groups excluding carboxylic acids is 1. The van der Waals surface area contributed by atoms with Crippen molar-refractivity contribution in [3.05, 3.63) is 29.3 Å². The molecular formula is C12H17NO2. The smallest absolute Gasteiger partial charge is 0.414 e. The summed E-state index contributed by atoms with van der Waals surface area (Å²) in [5.74, 6) is 0. The summed E-state index contributed by atoms with van der Waals surface area (Å²) < 4.78 is 4.93. The minimum absolute atomic E-state index is 0.315. The van der Waals surface area contributed by atoms with Crippen LogP contribution in [0.15, 0.2) is 18.2 Å². The second-order valence-corrected chi connectivity index (χ2v) is 3.55. The van der Waals surface area contributed by atoms with Crippen molar-refractivity contribution >= 4 is 11.8 Å². The number of hydrogen-bond donors (Lipinski definition) is 0. The lowest BCUT2D eigenvalue weighted by atomic mass is 10.1. The van der Waals surface area contributed by atoms with Gasteiger partial charge < -0.3 is 4.74 Å². The van der Waals surface area contributed by atoms with Gasteiger partial charge >= 0.3 is 6.09 Å². The van der Waals surface area contributed by atoms with Gasteiger partial charge in [0.05, 0.1) is 6.61 Å². The van der Waals surface area contributed by atoms with Crippen LogP contribution in [0.5, 0.6) is 0 Å². The summed E-state index contributed by atoms with van der Waals surface area (Å²) in [6, 6.07) is 5.96. The van der Waals surface area contributed by atoms with Crippen LogP contribution in [0.3, 0.4) is 0 Å². The molecule has 0 saturated heterocycles. The summed E-state index contributed by atoms with van der Waals surface area (Å²) in [7, 11) is 1.72. The molecule has 1 amide bonds. The summed E-state index contributed by atoms with van der Waals surface area (Å²) in [6.07, 6.45) is -0.315. The summed E-state index contributed by atoms with van der Waals surface area (Å²) in [5, 5.41) is 0. The first-order valence-electron chi connectivity index (χ1n) is 5.04. The Labute approximate surface area is 90.7 Å². The van der Waals surface area contributed by atoms with E-state index in [1.807, 2.05) is 32.0 Å². The highest BCUT2D eigenvalue weighted by Crippen LogP contribution is 2.20. The zero-order chi connectivity index (χ0) is 11.4. The van der Waals surface area contributed by atoms with Gasteiger partial charge in [-0.05, 0) is 32.4 Å². The average molecular weight is 207 g/mol. The van der Waals surface area contributed by atoms with Crippen molar-refractivity contribution in [2.45, 2.75) is 20.8 Å². The predicted molar refractivity (Wildman–Crippen MR) is 61.3 cm³/mol. The van der Waals surface area contributed by atoms with Crippen LogP contribution in [0.4, 0.5) is 10.5 Å². The number of amides is 1. The largest absolute Gasteiger partial charge is 0.449 e. The van der Waals surface area contributed by atoms with Gasteiger partial charge in [-0.15, -0.1) is 0 Å². The fourth-order valence-electron chi connectivity index (χ4n) is 1.50. The van der Waals surface area contributed by atoms with E-state index in [0.29, 0.717) is 6.61 Å². The highest BCUT2D eigenvalue weighted by atomic mass is 16.6. The van der Waals surface area contributed by atoms with Crippen molar-refractivity contribution in [2.24, 2.45) is 0 Å². The third-order valence-electron chi connectivity index (χ3n) is 2.26. The third kappa shape index (κ3) is 2.72. The Balaban J connectivity index is 2.91. The molecule has 82 valence electrons. The van der Waals surface area contributed by atoms with Gasteiger partial charge in [0.25, 0.3) is 0 Å². The minimum Gasteiger partial charge on any atom is -0.449 e. The highest BCUT2D eigenvalue weighted by molar-refractivity contribution is 5.87. The van der Waals surface area contributed by atoms with E-state index in [0.717, 1.165) is 11.3 Å². The Bertz CT molecular complexity index is 361. The fraction of sp³-hybridized carbons (Fsp3) is 0.417. The number of benzene rings is 1. The molecule has 1 aromatic rings. The zero-order valence-electron chi connectivity index (χ0n) is 9.70. The Kier molecular flexibility index (Phi) is 3.72. The fourth-order valence-corrected chi connectivity index (χ4v) is 1.50. The van der Waals surface area contributed by atoms with Crippen LogP contribution in [0.1, 0.15) is 18.1 Å². The van der Waals surface area contributed by atoms with Crippen molar-refractivity contribution < 1.29 is 9.53 Å². The molecule has 0 bridgehead atoms. The number of hydrogen-bond acceptors (Lipinski definition) is 2. The molecule has 3 heteroatoms. The lowest BCUT2D eigenvalue weighted by Crippen LogP contribution is -2.27. The molecule has 0 saturated carbocycles. The van der Waals surface area contributed by atoms with Crippen LogP contribution in [0, 0.1) is 13.8 Å². The van der Waals surface area contributed by atoms with Crippen LogP contribution in [0.2, 0.25) is 0 Å². The molecule has 0 aliphatic carbocycles. The maximum atomic E-state index is 11.5. The maximum Gasteiger partial charge on any atom is 0.414 e. The molecule has 0 heterocycles. The van der Waals surface area contributed by atoms with Gasteiger partial charge in [-0.1, -0.05) is 17.7 Å². The molecule has 0 atom stereocenters. The molecular weight excluding hydrogens is 190 g/mol. The van der Waals surface area contributed by atoms with Crippen molar-refractivity contribution in [2.75, 3.05) is 18.6 Å². The van der Waals surface area contributed by atoms with Gasteiger partial charge in [-0.2, -0.15) is 0 Å². The summed E-state index contributed by atoms with van der Waals surface area (Å²) >= 11 is 0. The number of rotatable bonds is 2. The maximum absolute atomic E-state index is 11.5. The molecule has 0 spiro atoms. The molecule has 3 nitrogen and oxygen atoms in total. The Morgan fingerprint density at radius 3 is 2.60 bits per heavy atom. The molecule has 15 heavy (non-hydrogen) atoms. The van der Waals surface area contributed by atoms with Crippen LogP contribution < -0.4 is 4.90 Å². The Hall–Kier alpha value is -1.51. The number of anilines is 1. The van der Waals surface area contributed by atoms with E-state index in [-0.39, 0.29) is 6.09 Å². The number of nitrogens with zero attached hydrogens (tertiary/aromatic N) is 1. The Morgan fingerprint density at radius 2 is 2.07 bits per heavy atom. The lowest BCUT2D eigenvalue weighted by Gasteiger charge is -2.18. The molecule has 0 aliphatic rings. The van der Waals surface area contributed by atoms with Crippen molar-refractivity contribution in [3.8, 4) is 0 Å². The van der Waals surface area contributed by atoms with Gasteiger partial charge in [-0.3, -0.25) is 4.90 Å². The molecule has 0 unspecified atom stereocenters. The quantitative estimate of drug-likeness (QED) is 0.746. The topological polar surface area (TPSA) is 29.5 Å². The first-order valence-corrected chi connectivity index (χ1v) is 5.04. The number of carbonyl (C=O) groups is 1. The second kappa shape index (κ2) is 4.82. The SMILES string of the molecule is CCOC(=O)N(C)c1ccc(C)cc1C. The molecule has 0 N–H and O–H groups in total. The van der Waals surface area contributed by atoms with Gasteiger partial charge in [-0.25, -0.2) is 4.79 Å². The Morgan fingerprint density at radius 1 is 1.40 bits per heavy atom. The normalized spacial score (nSPS) is 9.87. The molecule has 0 radical (unpaired) electrons. The van der Waals surface area contributed by atoms with E-state index < -0.39 is 0 Å². The van der Waals surface area contributed by atoms with Gasteiger partial charge in [0.1, 0.15) is 0 Å². The zero-order valence-corrected chi connectivity index (χ0v) is 9.70. The van der Waals surface area contributed by atoms with Crippen molar-refractivity contribution in [3.63, 3.8) is 0 Å². The summed E-state index contributed by atoms with van der Waals surface area (Å²) in [6.45, 7) is 6.21. The number of ether oxygens (including phenoxy) is 1. The summed E-state index contributed by atoms with van der Waals surface area (Å²) in [5.41, 5.74) is 3.15. The van der Waals surface area contributed by atoms with Gasteiger partial charge in [0, 0.05) is 12.7 Å². The lowest BCUT2D eigenvalue weighted by molar-refractivity contribution is 0.161. The minimum atomic E-state index is -0.315. The first kappa shape index (κ1) is 11.6. The highest BCUT2D eigenvalue weighted by Gasteiger charge is 2.13. The molecule has 0 aromatic heterocycles. The molecule has 1 aromatic carbocycles. The van der Waals surface area contributed by atoms with E-state index >= 15 is 0 Å². The van der Waals surface area contributed by atoms with Crippen molar-refractivity contribution in [1.82, 2.24) is 0 Å². The molecule has 0 fully saturated rings. The third-order valence-corrected chi connectivity index (χ3v) is 2.26. The van der Waals surface area contributed by atoms with Crippen LogP contribution in [-0.4, -0.2) is 19.7 Å². The van der Waals surface area contributed by atoms with Crippen LogP contribution in [0.25, 0.3) is 0 Å². The van der Waals surface area contributed by atoms with Crippen molar-refractivity contribution in [1.29, 1.82) is 0 Å². The standard InChI is InChI=1S/C12H17NO2/c1-5-15-12(14)13(4)11-7-6-9(2)8-10(11)3/h6-8H,5H2,1-4H3. The van der Waals surface area contributed by atoms with Gasteiger partial charge in [0.15, 0.2) is 0 Å². The predicted octanol–water partition coefficient (Wildman–Crippen LogP) is 2.90. The van der Waals surface area contributed by atoms with Gasteiger partial charge in [0.2, 0.25) is 0 Å². The van der Waals surface area contributed by atoms with E-state index in [4.69, 9.17) is 4.74 Å². The van der Waals surface area contributed by atoms with Crippen LogP contribution in [-0.2, 0) is 4.74 Å². The monoisotopic (exact) mass is 207 g/mol. The average Bonchev–Trinajstić information content (AvgIpc) is 2.17. The van der Waals surface area contributed by atoms with E-state index in [1.54, 1.807) is 14.0 Å². The van der Waals surface area contributed by atoms with E-state index in [1.165, 1.54) is 10.5 Å². The molecule has 1 rings (SSSR count). The van der Waals surface area contributed by atoms with E-state index in [9.17, 15) is 4.79 Å². The second-order valence-electron chi connectivity index (χ2n) is 3.55.